The molecule has 0 aliphatic heterocycles. The molecule has 5 nitrogen and oxygen atoms in total. The van der Waals surface area contributed by atoms with Gasteiger partial charge in [0.15, 0.2) is 0 Å². The van der Waals surface area contributed by atoms with Gasteiger partial charge < -0.3 is 5.11 Å². The molecule has 0 fully saturated rings. The Bertz CT molecular complexity index is 673. The summed E-state index contributed by atoms with van der Waals surface area (Å²) >= 11 is 0. The highest BCUT2D eigenvalue weighted by atomic mass is 32.2. The Kier molecular flexibility index (Phi) is 5.74. The molecule has 122 valence electrons. The molecule has 1 aromatic carbocycles. The highest BCUT2D eigenvalue weighted by Gasteiger charge is 2.32. The van der Waals surface area contributed by atoms with E-state index in [-0.39, 0.29) is 22.9 Å². The molecule has 22 heavy (non-hydrogen) atoms. The first-order chi connectivity index (χ1) is 10.0. The van der Waals surface area contributed by atoms with Gasteiger partial charge in [-0.1, -0.05) is 39.8 Å². The zero-order chi connectivity index (χ0) is 17.1. The van der Waals surface area contributed by atoms with E-state index in [4.69, 9.17) is 5.26 Å². The number of aryl methyl sites for hydroxylation is 1. The van der Waals surface area contributed by atoms with Gasteiger partial charge >= 0.3 is 0 Å². The summed E-state index contributed by atoms with van der Waals surface area (Å²) in [4.78, 5) is -0.0233. The van der Waals surface area contributed by atoms with Gasteiger partial charge in [-0.25, -0.2) is 13.1 Å². The molecular formula is C16H24N2O3S. The summed E-state index contributed by atoms with van der Waals surface area (Å²) in [6.45, 7) is 9.17. The zero-order valence-corrected chi connectivity index (χ0v) is 14.5. The van der Waals surface area contributed by atoms with Gasteiger partial charge in [-0.3, -0.25) is 0 Å². The molecule has 0 aliphatic carbocycles. The van der Waals surface area contributed by atoms with Crippen molar-refractivity contribution < 1.29 is 13.5 Å². The number of aliphatic hydroxyl groups excluding tert-OH is 1. The molecule has 0 amide bonds. The first-order valence-corrected chi connectivity index (χ1v) is 8.68. The van der Waals surface area contributed by atoms with Crippen molar-refractivity contribution >= 4 is 10.0 Å². The summed E-state index contributed by atoms with van der Waals surface area (Å²) in [6, 6.07) is 6.66. The Hall–Kier alpha value is -1.42. The second kappa shape index (κ2) is 6.78. The Morgan fingerprint density at radius 2 is 1.95 bits per heavy atom. The number of rotatable bonds is 6. The number of nitrogens with one attached hydrogen (secondary N) is 1. The minimum Gasteiger partial charge on any atom is -0.392 e. The number of sulfonamides is 1. The van der Waals surface area contributed by atoms with Crippen LogP contribution in [0.2, 0.25) is 0 Å². The molecule has 1 rings (SSSR count). The Morgan fingerprint density at radius 3 is 2.45 bits per heavy atom. The molecule has 0 bridgehead atoms. The van der Waals surface area contributed by atoms with Crippen LogP contribution in [0.3, 0.4) is 0 Å². The maximum Gasteiger partial charge on any atom is 0.241 e. The van der Waals surface area contributed by atoms with Crippen LogP contribution in [-0.2, 0) is 10.0 Å². The van der Waals surface area contributed by atoms with E-state index in [1.165, 1.54) is 6.07 Å². The van der Waals surface area contributed by atoms with Crippen LogP contribution in [-0.4, -0.2) is 26.2 Å². The highest BCUT2D eigenvalue weighted by molar-refractivity contribution is 7.89. The van der Waals surface area contributed by atoms with Crippen LogP contribution >= 0.6 is 0 Å². The van der Waals surface area contributed by atoms with Gasteiger partial charge in [0, 0.05) is 12.0 Å². The number of aliphatic hydroxyl groups is 1. The van der Waals surface area contributed by atoms with E-state index < -0.39 is 21.5 Å². The molecule has 0 aliphatic rings. The molecular weight excluding hydrogens is 300 g/mol. The van der Waals surface area contributed by atoms with E-state index in [0.717, 1.165) is 0 Å². The largest absolute Gasteiger partial charge is 0.392 e. The van der Waals surface area contributed by atoms with Gasteiger partial charge in [-0.2, -0.15) is 5.26 Å². The standard InChI is InChI=1S/C16H24N2O3S/c1-11(2)15(19)16(4,5)10-18-22(20,21)14-8-6-7-12(3)13(14)9-17/h6-8,11,15,18-19H,10H2,1-5H3. The second-order valence-electron chi connectivity index (χ2n) is 6.56. The normalized spacial score (nSPS) is 13.9. The van der Waals surface area contributed by atoms with Crippen LogP contribution in [0.15, 0.2) is 23.1 Å². The Balaban J connectivity index is 3.04. The van der Waals surface area contributed by atoms with Crippen molar-refractivity contribution in [2.45, 2.75) is 45.6 Å². The van der Waals surface area contributed by atoms with Gasteiger partial charge in [0.2, 0.25) is 10.0 Å². The van der Waals surface area contributed by atoms with Crippen molar-refractivity contribution in [3.8, 4) is 6.07 Å². The van der Waals surface area contributed by atoms with Gasteiger partial charge in [-0.15, -0.1) is 0 Å². The SMILES string of the molecule is Cc1cccc(S(=O)(=O)NCC(C)(C)C(O)C(C)C)c1C#N. The fourth-order valence-electron chi connectivity index (χ4n) is 2.37. The third-order valence-electron chi connectivity index (χ3n) is 3.79. The van der Waals surface area contributed by atoms with Crippen LogP contribution in [0.1, 0.15) is 38.8 Å². The van der Waals surface area contributed by atoms with Crippen LogP contribution < -0.4 is 4.72 Å². The molecule has 1 unspecified atom stereocenters. The Labute approximate surface area is 133 Å². The van der Waals surface area contributed by atoms with Gasteiger partial charge in [0.05, 0.1) is 16.6 Å². The first-order valence-electron chi connectivity index (χ1n) is 7.20. The lowest BCUT2D eigenvalue weighted by Gasteiger charge is -2.33. The molecule has 0 aromatic heterocycles. The van der Waals surface area contributed by atoms with E-state index in [9.17, 15) is 13.5 Å². The minimum absolute atomic E-state index is 0.0214. The topological polar surface area (TPSA) is 90.2 Å². The molecule has 1 aromatic rings. The molecule has 2 N–H and O–H groups in total. The quantitative estimate of drug-likeness (QED) is 0.839. The van der Waals surface area contributed by atoms with Crippen molar-refractivity contribution in [1.82, 2.24) is 4.72 Å². The second-order valence-corrected chi connectivity index (χ2v) is 8.30. The first kappa shape index (κ1) is 18.6. The summed E-state index contributed by atoms with van der Waals surface area (Å²) < 4.78 is 27.4. The summed E-state index contributed by atoms with van der Waals surface area (Å²) in [6.07, 6.45) is -0.636. The van der Waals surface area contributed by atoms with Crippen LogP contribution in [0.4, 0.5) is 0 Å². The van der Waals surface area contributed by atoms with Crippen molar-refractivity contribution in [1.29, 1.82) is 5.26 Å². The molecule has 0 saturated heterocycles. The van der Waals surface area contributed by atoms with E-state index in [0.29, 0.717) is 5.56 Å². The van der Waals surface area contributed by atoms with Gasteiger partial charge in [0.25, 0.3) is 0 Å². The molecule has 0 spiro atoms. The van der Waals surface area contributed by atoms with Crippen molar-refractivity contribution in [3.63, 3.8) is 0 Å². The smallest absolute Gasteiger partial charge is 0.241 e. The third-order valence-corrected chi connectivity index (χ3v) is 5.23. The summed E-state index contributed by atoms with van der Waals surface area (Å²) in [7, 11) is -3.80. The number of nitrogens with zero attached hydrogens (tertiary/aromatic N) is 1. The van der Waals surface area contributed by atoms with Crippen LogP contribution in [0.5, 0.6) is 0 Å². The van der Waals surface area contributed by atoms with Crippen LogP contribution in [0, 0.1) is 29.6 Å². The lowest BCUT2D eigenvalue weighted by atomic mass is 9.81. The fourth-order valence-corrected chi connectivity index (χ4v) is 3.82. The van der Waals surface area contributed by atoms with Crippen molar-refractivity contribution in [2.75, 3.05) is 6.54 Å². The van der Waals surface area contributed by atoms with Crippen molar-refractivity contribution in [2.24, 2.45) is 11.3 Å². The number of nitriles is 1. The highest BCUT2D eigenvalue weighted by Crippen LogP contribution is 2.26. The molecule has 0 heterocycles. The van der Waals surface area contributed by atoms with E-state index in [1.54, 1.807) is 19.1 Å². The summed E-state index contributed by atoms with van der Waals surface area (Å²) in [5.41, 5.74) is 0.154. The Morgan fingerprint density at radius 1 is 1.36 bits per heavy atom. The average Bonchev–Trinajstić information content (AvgIpc) is 2.44. The lowest BCUT2D eigenvalue weighted by molar-refractivity contribution is 0.0166. The molecule has 6 heteroatoms. The van der Waals surface area contributed by atoms with Crippen LogP contribution in [0.25, 0.3) is 0 Å². The van der Waals surface area contributed by atoms with E-state index in [2.05, 4.69) is 4.72 Å². The summed E-state index contributed by atoms with van der Waals surface area (Å²) in [5, 5.41) is 19.3. The molecule has 0 saturated carbocycles. The predicted octanol–water partition coefficient (Wildman–Crippen LogP) is 2.19. The number of hydrogen-bond acceptors (Lipinski definition) is 4. The number of benzene rings is 1. The monoisotopic (exact) mass is 324 g/mol. The van der Waals surface area contributed by atoms with Crippen molar-refractivity contribution in [3.05, 3.63) is 29.3 Å². The third kappa shape index (κ3) is 4.07. The molecule has 0 radical (unpaired) electrons. The fraction of sp³-hybridized carbons (Fsp3) is 0.562. The van der Waals surface area contributed by atoms with E-state index in [1.807, 2.05) is 33.8 Å². The minimum atomic E-state index is -3.80. The summed E-state index contributed by atoms with van der Waals surface area (Å²) in [5.74, 6) is 0.0214. The lowest BCUT2D eigenvalue weighted by Crippen LogP contribution is -2.43. The molecule has 1 atom stereocenters. The van der Waals surface area contributed by atoms with Gasteiger partial charge in [0.1, 0.15) is 6.07 Å². The van der Waals surface area contributed by atoms with Gasteiger partial charge in [-0.05, 0) is 24.5 Å². The maximum atomic E-state index is 12.5. The van der Waals surface area contributed by atoms with E-state index >= 15 is 0 Å². The predicted molar refractivity (Wildman–Crippen MR) is 85.7 cm³/mol. The average molecular weight is 324 g/mol. The maximum absolute atomic E-state index is 12.5. The number of hydrogen-bond donors (Lipinski definition) is 2. The zero-order valence-electron chi connectivity index (χ0n) is 13.7.